The Balaban J connectivity index is 1.72. The fourth-order valence-corrected chi connectivity index (χ4v) is 4.66. The van der Waals surface area contributed by atoms with E-state index in [1.807, 2.05) is 30.3 Å². The van der Waals surface area contributed by atoms with Gasteiger partial charge in [0.05, 0.1) is 11.9 Å². The summed E-state index contributed by atoms with van der Waals surface area (Å²) in [6, 6.07) is 22.2. The molecule has 3 aromatic rings. The predicted molar refractivity (Wildman–Crippen MR) is 129 cm³/mol. The summed E-state index contributed by atoms with van der Waals surface area (Å²) >= 11 is 6.04. The van der Waals surface area contributed by atoms with Crippen LogP contribution < -0.4 is 14.4 Å². The minimum Gasteiger partial charge on any atom is -0.489 e. The highest BCUT2D eigenvalue weighted by Crippen LogP contribution is 2.26. The third-order valence-electron chi connectivity index (χ3n) is 4.76. The maximum atomic E-state index is 13.0. The van der Waals surface area contributed by atoms with Gasteiger partial charge in [-0.1, -0.05) is 54.9 Å². The lowest BCUT2D eigenvalue weighted by Gasteiger charge is -2.30. The van der Waals surface area contributed by atoms with Crippen LogP contribution >= 0.6 is 11.6 Å². The van der Waals surface area contributed by atoms with E-state index in [-0.39, 0.29) is 6.42 Å². The number of anilines is 2. The van der Waals surface area contributed by atoms with Gasteiger partial charge in [0.1, 0.15) is 18.4 Å². The molecular formula is C24H25ClN2O4S. The zero-order valence-electron chi connectivity index (χ0n) is 17.9. The number of ether oxygens (including phenoxy) is 1. The maximum Gasteiger partial charge on any atom is 0.248 e. The molecule has 0 fully saturated rings. The van der Waals surface area contributed by atoms with Crippen LogP contribution in [0.25, 0.3) is 0 Å². The van der Waals surface area contributed by atoms with Crippen LogP contribution in [0.4, 0.5) is 11.4 Å². The minimum absolute atomic E-state index is 0.281. The molecule has 0 aliphatic rings. The number of nitrogens with zero attached hydrogens (tertiary/aromatic N) is 1. The number of sulfonamides is 1. The van der Waals surface area contributed by atoms with Gasteiger partial charge in [-0.3, -0.25) is 9.10 Å². The average Bonchev–Trinajstić information content (AvgIpc) is 2.76. The van der Waals surface area contributed by atoms with Gasteiger partial charge in [0.15, 0.2) is 0 Å². The molecular weight excluding hydrogens is 448 g/mol. The maximum absolute atomic E-state index is 13.0. The molecule has 1 N–H and O–H groups in total. The molecule has 0 aliphatic heterocycles. The summed E-state index contributed by atoms with van der Waals surface area (Å²) < 4.78 is 31.9. The Morgan fingerprint density at radius 1 is 1.03 bits per heavy atom. The van der Waals surface area contributed by atoms with Crippen LogP contribution in [-0.2, 0) is 21.4 Å². The van der Waals surface area contributed by atoms with Crippen molar-refractivity contribution < 1.29 is 17.9 Å². The summed E-state index contributed by atoms with van der Waals surface area (Å²) in [7, 11) is -3.73. The molecule has 3 aromatic carbocycles. The summed E-state index contributed by atoms with van der Waals surface area (Å²) in [5, 5.41) is 3.18. The number of halogens is 1. The van der Waals surface area contributed by atoms with Crippen molar-refractivity contribution in [2.45, 2.75) is 26.0 Å². The second-order valence-electron chi connectivity index (χ2n) is 7.25. The first-order valence-corrected chi connectivity index (χ1v) is 12.3. The molecule has 1 unspecified atom stereocenters. The topological polar surface area (TPSA) is 75.7 Å². The van der Waals surface area contributed by atoms with Crippen molar-refractivity contribution in [3.63, 3.8) is 0 Å². The van der Waals surface area contributed by atoms with Crippen molar-refractivity contribution in [1.82, 2.24) is 0 Å². The number of hydrogen-bond acceptors (Lipinski definition) is 4. The molecule has 0 radical (unpaired) electrons. The third-order valence-corrected chi connectivity index (χ3v) is 6.18. The number of nitrogens with one attached hydrogen (secondary N) is 1. The van der Waals surface area contributed by atoms with Gasteiger partial charge in [-0.15, -0.1) is 0 Å². The lowest BCUT2D eigenvalue weighted by molar-refractivity contribution is -0.117. The summed E-state index contributed by atoms with van der Waals surface area (Å²) in [5.74, 6) is 0.228. The molecule has 3 rings (SSSR count). The molecule has 8 heteroatoms. The van der Waals surface area contributed by atoms with Crippen LogP contribution in [0, 0.1) is 0 Å². The summed E-state index contributed by atoms with van der Waals surface area (Å²) in [6.45, 7) is 2.20. The van der Waals surface area contributed by atoms with Crippen molar-refractivity contribution in [1.29, 1.82) is 0 Å². The largest absolute Gasteiger partial charge is 0.489 e. The zero-order chi connectivity index (χ0) is 23.1. The molecule has 0 saturated heterocycles. The smallest absolute Gasteiger partial charge is 0.248 e. The number of rotatable bonds is 9. The molecule has 168 valence electrons. The Hall–Kier alpha value is -3.03. The highest BCUT2D eigenvalue weighted by Gasteiger charge is 2.31. The Morgan fingerprint density at radius 3 is 2.31 bits per heavy atom. The zero-order valence-corrected chi connectivity index (χ0v) is 19.4. The molecule has 6 nitrogen and oxygen atoms in total. The Morgan fingerprint density at radius 2 is 1.72 bits per heavy atom. The molecule has 32 heavy (non-hydrogen) atoms. The highest BCUT2D eigenvalue weighted by molar-refractivity contribution is 7.92. The fraction of sp³-hybridized carbons (Fsp3) is 0.208. The number of carbonyl (C=O) groups is 1. The van der Waals surface area contributed by atoms with E-state index in [1.54, 1.807) is 49.4 Å². The normalized spacial score (nSPS) is 12.1. The summed E-state index contributed by atoms with van der Waals surface area (Å²) in [4.78, 5) is 13.0. The van der Waals surface area contributed by atoms with Gasteiger partial charge in [-0.05, 0) is 54.4 Å². The van der Waals surface area contributed by atoms with E-state index in [0.717, 1.165) is 16.1 Å². The molecule has 0 aromatic heterocycles. The Labute approximate surface area is 193 Å². The predicted octanol–water partition coefficient (Wildman–Crippen LogP) is 5.10. The summed E-state index contributed by atoms with van der Waals surface area (Å²) in [6.07, 6.45) is 1.35. The van der Waals surface area contributed by atoms with E-state index >= 15 is 0 Å². The van der Waals surface area contributed by atoms with E-state index in [4.69, 9.17) is 16.3 Å². The van der Waals surface area contributed by atoms with Gasteiger partial charge >= 0.3 is 0 Å². The van der Waals surface area contributed by atoms with Crippen LogP contribution in [0.2, 0.25) is 5.02 Å². The Bertz CT molecular complexity index is 1150. The fourth-order valence-electron chi connectivity index (χ4n) is 3.27. The molecule has 0 heterocycles. The van der Waals surface area contributed by atoms with Crippen LogP contribution in [0.3, 0.4) is 0 Å². The van der Waals surface area contributed by atoms with Crippen molar-refractivity contribution in [2.24, 2.45) is 0 Å². The third kappa shape index (κ3) is 6.24. The second-order valence-corrected chi connectivity index (χ2v) is 9.55. The standard InChI is InChI=1S/C24H25ClN2O4S/c1-3-23(27(32(2,29)30)21-11-7-10-19(25)16-21)24(28)26-20-12-14-22(15-13-20)31-17-18-8-5-4-6-9-18/h4-16,23H,3,17H2,1-2H3,(H,26,28). The first-order valence-electron chi connectivity index (χ1n) is 10.1. The molecule has 1 atom stereocenters. The molecule has 0 saturated carbocycles. The molecule has 0 aliphatic carbocycles. The molecule has 1 amide bonds. The first kappa shape index (κ1) is 23.6. The average molecular weight is 473 g/mol. The van der Waals surface area contributed by atoms with Gasteiger partial charge in [-0.25, -0.2) is 8.42 Å². The Kier molecular flexibility index (Phi) is 7.77. The van der Waals surface area contributed by atoms with Crippen molar-refractivity contribution >= 4 is 38.9 Å². The van der Waals surface area contributed by atoms with Gasteiger partial charge in [0, 0.05) is 10.7 Å². The van der Waals surface area contributed by atoms with E-state index in [9.17, 15) is 13.2 Å². The minimum atomic E-state index is -3.73. The van der Waals surface area contributed by atoms with E-state index < -0.39 is 22.0 Å². The van der Waals surface area contributed by atoms with Gasteiger partial charge in [-0.2, -0.15) is 0 Å². The van der Waals surface area contributed by atoms with Crippen molar-refractivity contribution in [3.8, 4) is 5.75 Å². The van der Waals surface area contributed by atoms with Crippen LogP contribution in [0.15, 0.2) is 78.9 Å². The molecule has 0 bridgehead atoms. The number of benzene rings is 3. The lowest BCUT2D eigenvalue weighted by atomic mass is 10.1. The highest BCUT2D eigenvalue weighted by atomic mass is 35.5. The van der Waals surface area contributed by atoms with Crippen molar-refractivity contribution in [3.05, 3.63) is 89.4 Å². The van der Waals surface area contributed by atoms with Crippen LogP contribution in [0.1, 0.15) is 18.9 Å². The van der Waals surface area contributed by atoms with Gasteiger partial charge in [0.25, 0.3) is 0 Å². The first-order chi connectivity index (χ1) is 15.3. The van der Waals surface area contributed by atoms with Crippen LogP contribution in [-0.4, -0.2) is 26.6 Å². The lowest BCUT2D eigenvalue weighted by Crippen LogP contribution is -2.47. The second kappa shape index (κ2) is 10.5. The SMILES string of the molecule is CCC(C(=O)Nc1ccc(OCc2ccccc2)cc1)N(c1cccc(Cl)c1)S(C)(=O)=O. The quantitative estimate of drug-likeness (QED) is 0.470. The van der Waals surface area contributed by atoms with E-state index in [0.29, 0.717) is 28.8 Å². The number of carbonyl (C=O) groups excluding carboxylic acids is 1. The van der Waals surface area contributed by atoms with Gasteiger partial charge < -0.3 is 10.1 Å². The monoisotopic (exact) mass is 472 g/mol. The van der Waals surface area contributed by atoms with Crippen LogP contribution in [0.5, 0.6) is 5.75 Å². The number of amides is 1. The van der Waals surface area contributed by atoms with Gasteiger partial charge in [0.2, 0.25) is 15.9 Å². The summed E-state index contributed by atoms with van der Waals surface area (Å²) in [5.41, 5.74) is 1.93. The molecule has 0 spiro atoms. The number of hydrogen-bond donors (Lipinski definition) is 1. The van der Waals surface area contributed by atoms with Crippen molar-refractivity contribution in [2.75, 3.05) is 15.9 Å². The van der Waals surface area contributed by atoms with E-state index in [1.165, 1.54) is 6.07 Å². The van der Waals surface area contributed by atoms with E-state index in [2.05, 4.69) is 5.32 Å².